The fourth-order valence-electron chi connectivity index (χ4n) is 2.15. The van der Waals surface area contributed by atoms with Crippen molar-refractivity contribution in [2.75, 3.05) is 18.1 Å². The van der Waals surface area contributed by atoms with Crippen molar-refractivity contribution in [2.45, 2.75) is 24.0 Å². The molecule has 1 aliphatic carbocycles. The minimum Gasteiger partial charge on any atom is -0.389 e. The zero-order chi connectivity index (χ0) is 13.2. The summed E-state index contributed by atoms with van der Waals surface area (Å²) in [7, 11) is 0. The Morgan fingerprint density at radius 1 is 1.56 bits per heavy atom. The summed E-state index contributed by atoms with van der Waals surface area (Å²) in [5.74, 6) is 0. The number of hydrogen-bond donors (Lipinski definition) is 2. The van der Waals surface area contributed by atoms with E-state index in [1.807, 2.05) is 30.0 Å². The summed E-state index contributed by atoms with van der Waals surface area (Å²) in [5, 5.41) is 3.51. The van der Waals surface area contributed by atoms with Gasteiger partial charge in [-0.05, 0) is 37.3 Å². The first-order chi connectivity index (χ1) is 8.56. The molecular weight excluding hydrogens is 328 g/mol. The SMILES string of the molecule is CSC1(CNc2ccc(Br)cc2C(N)=S)CCC1. The summed E-state index contributed by atoms with van der Waals surface area (Å²) in [6, 6.07) is 6.01. The van der Waals surface area contributed by atoms with Crippen LogP contribution in [0.1, 0.15) is 24.8 Å². The average Bonchev–Trinajstić information content (AvgIpc) is 2.29. The van der Waals surface area contributed by atoms with E-state index in [-0.39, 0.29) is 0 Å². The Labute approximate surface area is 126 Å². The topological polar surface area (TPSA) is 38.0 Å². The number of benzene rings is 1. The fourth-order valence-corrected chi connectivity index (χ4v) is 3.60. The molecule has 0 heterocycles. The Hall–Kier alpha value is -0.260. The van der Waals surface area contributed by atoms with Crippen molar-refractivity contribution in [1.82, 2.24) is 0 Å². The molecule has 98 valence electrons. The number of nitrogens with one attached hydrogen (secondary N) is 1. The average molecular weight is 345 g/mol. The van der Waals surface area contributed by atoms with Crippen LogP contribution in [0.2, 0.25) is 0 Å². The van der Waals surface area contributed by atoms with E-state index in [2.05, 4.69) is 27.5 Å². The van der Waals surface area contributed by atoms with Gasteiger partial charge in [-0.25, -0.2) is 0 Å². The van der Waals surface area contributed by atoms with Gasteiger partial charge in [0.1, 0.15) is 4.99 Å². The summed E-state index contributed by atoms with van der Waals surface area (Å²) in [4.78, 5) is 0.436. The highest BCUT2D eigenvalue weighted by molar-refractivity contribution is 9.10. The molecule has 0 unspecified atom stereocenters. The summed E-state index contributed by atoms with van der Waals surface area (Å²) in [5.41, 5.74) is 7.71. The molecule has 0 atom stereocenters. The van der Waals surface area contributed by atoms with Gasteiger partial charge in [0.05, 0.1) is 0 Å². The molecule has 1 aromatic carbocycles. The first kappa shape index (κ1) is 14.2. The smallest absolute Gasteiger partial charge is 0.106 e. The molecular formula is C13H17BrN2S2. The Morgan fingerprint density at radius 3 is 2.78 bits per heavy atom. The predicted octanol–water partition coefficient (Wildman–Crippen LogP) is 3.78. The number of halogens is 1. The molecule has 1 fully saturated rings. The molecule has 1 saturated carbocycles. The maximum atomic E-state index is 5.77. The molecule has 1 aliphatic rings. The van der Waals surface area contributed by atoms with Crippen LogP contribution in [0, 0.1) is 0 Å². The van der Waals surface area contributed by atoms with Crippen LogP contribution < -0.4 is 11.1 Å². The maximum Gasteiger partial charge on any atom is 0.106 e. The van der Waals surface area contributed by atoms with E-state index < -0.39 is 0 Å². The molecule has 18 heavy (non-hydrogen) atoms. The fraction of sp³-hybridized carbons (Fsp3) is 0.462. The quantitative estimate of drug-likeness (QED) is 0.797. The number of rotatable bonds is 5. The number of hydrogen-bond acceptors (Lipinski definition) is 3. The Balaban J connectivity index is 2.11. The van der Waals surface area contributed by atoms with Crippen LogP contribution in [0.5, 0.6) is 0 Å². The molecule has 2 rings (SSSR count). The van der Waals surface area contributed by atoms with Crippen molar-refractivity contribution in [3.63, 3.8) is 0 Å². The van der Waals surface area contributed by atoms with Gasteiger partial charge in [-0.15, -0.1) is 0 Å². The van der Waals surface area contributed by atoms with Gasteiger partial charge in [0.15, 0.2) is 0 Å². The molecule has 0 spiro atoms. The lowest BCUT2D eigenvalue weighted by Gasteiger charge is -2.40. The lowest BCUT2D eigenvalue weighted by molar-refractivity contribution is 0.380. The van der Waals surface area contributed by atoms with Crippen molar-refractivity contribution >= 4 is 50.6 Å². The molecule has 0 bridgehead atoms. The van der Waals surface area contributed by atoms with Crippen molar-refractivity contribution in [3.8, 4) is 0 Å². The highest BCUT2D eigenvalue weighted by Gasteiger charge is 2.35. The summed E-state index contributed by atoms with van der Waals surface area (Å²) >= 11 is 10.5. The predicted molar refractivity (Wildman–Crippen MR) is 88.6 cm³/mol. The summed E-state index contributed by atoms with van der Waals surface area (Å²) < 4.78 is 1.40. The standard InChI is InChI=1S/C13H17BrN2S2/c1-18-13(5-2-6-13)8-16-11-4-3-9(14)7-10(11)12(15)17/h3-4,7,16H,2,5-6,8H2,1H3,(H2,15,17). The third-order valence-corrected chi connectivity index (χ3v) is 5.68. The first-order valence-electron chi connectivity index (χ1n) is 5.95. The summed E-state index contributed by atoms with van der Waals surface area (Å²) in [6.45, 7) is 0.978. The van der Waals surface area contributed by atoms with E-state index in [4.69, 9.17) is 18.0 Å². The molecule has 3 N–H and O–H groups in total. The van der Waals surface area contributed by atoms with E-state index in [9.17, 15) is 0 Å². The van der Waals surface area contributed by atoms with E-state index in [0.717, 1.165) is 22.3 Å². The number of thiocarbonyl (C=S) groups is 1. The Kier molecular flexibility index (Phi) is 4.56. The van der Waals surface area contributed by atoms with Gasteiger partial charge in [0.2, 0.25) is 0 Å². The molecule has 2 nitrogen and oxygen atoms in total. The van der Waals surface area contributed by atoms with Gasteiger partial charge in [-0.1, -0.05) is 34.6 Å². The van der Waals surface area contributed by atoms with Crippen molar-refractivity contribution < 1.29 is 0 Å². The van der Waals surface area contributed by atoms with Crippen LogP contribution in [0.4, 0.5) is 5.69 Å². The van der Waals surface area contributed by atoms with Crippen molar-refractivity contribution in [2.24, 2.45) is 5.73 Å². The zero-order valence-electron chi connectivity index (χ0n) is 10.3. The third-order valence-electron chi connectivity index (χ3n) is 3.55. The normalized spacial score (nSPS) is 17.0. The minimum absolute atomic E-state index is 0.403. The number of anilines is 1. The van der Waals surface area contributed by atoms with Crippen LogP contribution in [0.15, 0.2) is 22.7 Å². The maximum absolute atomic E-state index is 5.77. The molecule has 0 amide bonds. The molecule has 0 radical (unpaired) electrons. The van der Waals surface area contributed by atoms with Gasteiger partial charge in [0.25, 0.3) is 0 Å². The van der Waals surface area contributed by atoms with Gasteiger partial charge < -0.3 is 11.1 Å². The highest BCUT2D eigenvalue weighted by Crippen LogP contribution is 2.42. The first-order valence-corrected chi connectivity index (χ1v) is 8.37. The molecule has 5 heteroatoms. The van der Waals surface area contributed by atoms with Gasteiger partial charge in [-0.3, -0.25) is 0 Å². The molecule has 1 aromatic rings. The van der Waals surface area contributed by atoms with Gasteiger partial charge >= 0.3 is 0 Å². The number of nitrogens with two attached hydrogens (primary N) is 1. The molecule has 0 saturated heterocycles. The third kappa shape index (κ3) is 3.00. The van der Waals surface area contributed by atoms with Gasteiger partial charge in [-0.2, -0.15) is 11.8 Å². The van der Waals surface area contributed by atoms with E-state index in [0.29, 0.717) is 9.74 Å². The lowest BCUT2D eigenvalue weighted by Crippen LogP contribution is -2.40. The lowest BCUT2D eigenvalue weighted by atomic mass is 9.84. The highest BCUT2D eigenvalue weighted by atomic mass is 79.9. The molecule has 0 aliphatic heterocycles. The number of thioether (sulfide) groups is 1. The second kappa shape index (κ2) is 5.80. The van der Waals surface area contributed by atoms with Crippen LogP contribution in [-0.2, 0) is 0 Å². The van der Waals surface area contributed by atoms with Crippen LogP contribution in [-0.4, -0.2) is 22.5 Å². The second-order valence-corrected chi connectivity index (χ2v) is 7.28. The summed E-state index contributed by atoms with van der Waals surface area (Å²) in [6.07, 6.45) is 6.11. The van der Waals surface area contributed by atoms with Gasteiger partial charge in [0, 0.05) is 27.0 Å². The monoisotopic (exact) mass is 344 g/mol. The van der Waals surface area contributed by atoms with E-state index >= 15 is 0 Å². The minimum atomic E-state index is 0.403. The van der Waals surface area contributed by atoms with Crippen molar-refractivity contribution in [1.29, 1.82) is 0 Å². The van der Waals surface area contributed by atoms with Crippen LogP contribution in [0.25, 0.3) is 0 Å². The molecule has 0 aromatic heterocycles. The van der Waals surface area contributed by atoms with E-state index in [1.54, 1.807) is 0 Å². The second-order valence-electron chi connectivity index (χ2n) is 4.65. The van der Waals surface area contributed by atoms with E-state index in [1.165, 1.54) is 19.3 Å². The van der Waals surface area contributed by atoms with Crippen LogP contribution >= 0.6 is 39.9 Å². The van der Waals surface area contributed by atoms with Crippen LogP contribution in [0.3, 0.4) is 0 Å². The Bertz CT molecular complexity index is 453. The largest absolute Gasteiger partial charge is 0.389 e. The zero-order valence-corrected chi connectivity index (χ0v) is 13.6. The Morgan fingerprint density at radius 2 is 2.28 bits per heavy atom. The van der Waals surface area contributed by atoms with Crippen molar-refractivity contribution in [3.05, 3.63) is 28.2 Å².